The molecular weight excluding hydrogens is 308 g/mol. The van der Waals surface area contributed by atoms with E-state index in [0.29, 0.717) is 25.5 Å². The van der Waals surface area contributed by atoms with Gasteiger partial charge < -0.3 is 14.8 Å². The largest absolute Gasteiger partial charge is 0.493 e. The highest BCUT2D eigenvalue weighted by atomic mass is 16.5. The van der Waals surface area contributed by atoms with E-state index in [0.717, 1.165) is 22.6 Å². The minimum atomic E-state index is 0.403. The first kappa shape index (κ1) is 19.2. The van der Waals surface area contributed by atoms with Gasteiger partial charge in [0, 0.05) is 24.5 Å². The normalized spacial score (nSPS) is 9.33. The van der Waals surface area contributed by atoms with Crippen LogP contribution in [0.3, 0.4) is 0 Å². The lowest BCUT2D eigenvalue weighted by molar-refractivity contribution is -0.109. The molecule has 1 heterocycles. The minimum Gasteiger partial charge on any atom is -0.493 e. The van der Waals surface area contributed by atoms with E-state index in [1.807, 2.05) is 51.2 Å². The van der Waals surface area contributed by atoms with E-state index in [9.17, 15) is 0 Å². The van der Waals surface area contributed by atoms with Crippen LogP contribution in [0.5, 0.6) is 11.6 Å². The molecule has 0 atom stereocenters. The molecule has 24 heavy (non-hydrogen) atoms. The number of amides is 1. The topological polar surface area (TPSA) is 98.5 Å². The lowest BCUT2D eigenvalue weighted by Crippen LogP contribution is -2.18. The number of aromatic nitrogens is 1. The Morgan fingerprint density at radius 1 is 1.25 bits per heavy atom. The van der Waals surface area contributed by atoms with Crippen LogP contribution in [0.1, 0.15) is 18.1 Å². The Bertz CT molecular complexity index is 635. The zero-order valence-electron chi connectivity index (χ0n) is 14.2. The van der Waals surface area contributed by atoms with Gasteiger partial charge in [0.1, 0.15) is 12.4 Å². The number of benzene rings is 1. The van der Waals surface area contributed by atoms with Gasteiger partial charge in [0.25, 0.3) is 0 Å². The average Bonchev–Trinajstić information content (AvgIpc) is 2.62. The molecule has 2 rings (SSSR count). The molecular formula is C17H24N4O3. The molecule has 0 bridgehead atoms. The van der Waals surface area contributed by atoms with Crippen LogP contribution >= 0.6 is 0 Å². The first-order valence-electron chi connectivity index (χ1n) is 7.54. The van der Waals surface area contributed by atoms with E-state index in [1.54, 1.807) is 11.6 Å². The number of anilines is 1. The third kappa shape index (κ3) is 5.77. The van der Waals surface area contributed by atoms with Crippen molar-refractivity contribution in [2.45, 2.75) is 20.5 Å². The Morgan fingerprint density at radius 3 is 2.58 bits per heavy atom. The molecule has 7 nitrogen and oxygen atoms in total. The average molecular weight is 332 g/mol. The van der Waals surface area contributed by atoms with Crippen molar-refractivity contribution in [2.24, 2.45) is 5.84 Å². The summed E-state index contributed by atoms with van der Waals surface area (Å²) in [6.45, 7) is 5.00. The molecule has 130 valence electrons. The second-order valence-corrected chi connectivity index (χ2v) is 4.66. The van der Waals surface area contributed by atoms with Crippen molar-refractivity contribution >= 4 is 12.1 Å². The molecule has 0 saturated carbocycles. The number of carbonyl (C=O) groups excluding carboxylic acids is 1. The molecule has 2 aromatic rings. The van der Waals surface area contributed by atoms with Crippen LogP contribution in [-0.4, -0.2) is 25.0 Å². The Morgan fingerprint density at radius 2 is 2.00 bits per heavy atom. The van der Waals surface area contributed by atoms with Crippen LogP contribution in [0.25, 0.3) is 0 Å². The number of ether oxygens (including phenoxy) is 2. The van der Waals surface area contributed by atoms with Gasteiger partial charge in [-0.05, 0) is 32.0 Å². The number of nitrogens with zero attached hydrogens (tertiary/aromatic N) is 1. The second kappa shape index (κ2) is 10.8. The van der Waals surface area contributed by atoms with Crippen molar-refractivity contribution in [3.8, 4) is 11.6 Å². The molecule has 0 aliphatic carbocycles. The summed E-state index contributed by atoms with van der Waals surface area (Å²) < 4.78 is 11.5. The molecule has 0 fully saturated rings. The van der Waals surface area contributed by atoms with E-state index in [4.69, 9.17) is 14.3 Å². The zero-order valence-corrected chi connectivity index (χ0v) is 14.2. The van der Waals surface area contributed by atoms with Crippen LogP contribution in [0.2, 0.25) is 0 Å². The monoisotopic (exact) mass is 332 g/mol. The van der Waals surface area contributed by atoms with E-state index >= 15 is 0 Å². The predicted octanol–water partition coefficient (Wildman–Crippen LogP) is 2.02. The lowest BCUT2D eigenvalue weighted by Gasteiger charge is -2.15. The van der Waals surface area contributed by atoms with Crippen LogP contribution in [-0.2, 0) is 11.4 Å². The smallest absolute Gasteiger partial charge is 0.221 e. The van der Waals surface area contributed by atoms with Gasteiger partial charge in [-0.2, -0.15) is 0 Å². The zero-order chi connectivity index (χ0) is 17.8. The van der Waals surface area contributed by atoms with E-state index in [-0.39, 0.29) is 0 Å². The molecule has 0 radical (unpaired) electrons. The van der Waals surface area contributed by atoms with Gasteiger partial charge in [0.15, 0.2) is 0 Å². The van der Waals surface area contributed by atoms with E-state index < -0.39 is 0 Å². The number of hydrazine groups is 1. The summed E-state index contributed by atoms with van der Waals surface area (Å²) in [6.07, 6.45) is 2.13. The molecule has 0 unspecified atom stereocenters. The maximum atomic E-state index is 8.94. The summed E-state index contributed by atoms with van der Waals surface area (Å²) in [6, 6.07) is 9.80. The fourth-order valence-corrected chi connectivity index (χ4v) is 2.00. The Labute approximate surface area is 142 Å². The Kier molecular flexibility index (Phi) is 8.70. The first-order chi connectivity index (χ1) is 11.7. The van der Waals surface area contributed by atoms with Gasteiger partial charge >= 0.3 is 0 Å². The highest BCUT2D eigenvalue weighted by molar-refractivity contribution is 5.57. The lowest BCUT2D eigenvalue weighted by atomic mass is 10.1. The predicted molar refractivity (Wildman–Crippen MR) is 93.9 cm³/mol. The van der Waals surface area contributed by atoms with Crippen molar-refractivity contribution in [3.05, 3.63) is 47.7 Å². The Hall–Kier alpha value is -2.80. The number of nitrogens with one attached hydrogen (secondary N) is 2. The maximum absolute atomic E-state index is 8.94. The van der Waals surface area contributed by atoms with Gasteiger partial charge in [0.2, 0.25) is 12.3 Å². The number of aryl methyl sites for hydroxylation is 1. The fourth-order valence-electron chi connectivity index (χ4n) is 2.00. The third-order valence-corrected chi connectivity index (χ3v) is 3.08. The molecule has 4 N–H and O–H groups in total. The fraction of sp³-hybridized carbons (Fsp3) is 0.294. The molecule has 1 aromatic carbocycles. The summed E-state index contributed by atoms with van der Waals surface area (Å²) in [5, 5.41) is 3.16. The number of carbonyl (C=O) groups is 1. The summed E-state index contributed by atoms with van der Waals surface area (Å²) >= 11 is 0. The van der Waals surface area contributed by atoms with Gasteiger partial charge in [-0.3, -0.25) is 10.2 Å². The SMILES string of the molecule is CCOc1cccc(NC)c1COc1ncccc1C.NNC=O. The molecule has 0 spiro atoms. The molecule has 0 aliphatic heterocycles. The van der Waals surface area contributed by atoms with Crippen molar-refractivity contribution in [1.29, 1.82) is 0 Å². The first-order valence-corrected chi connectivity index (χ1v) is 7.54. The second-order valence-electron chi connectivity index (χ2n) is 4.66. The van der Waals surface area contributed by atoms with Crippen molar-refractivity contribution in [2.75, 3.05) is 19.0 Å². The Balaban J connectivity index is 0.000000648. The number of hydrogen-bond acceptors (Lipinski definition) is 6. The van der Waals surface area contributed by atoms with Crippen molar-refractivity contribution in [3.63, 3.8) is 0 Å². The van der Waals surface area contributed by atoms with Crippen LogP contribution < -0.4 is 26.1 Å². The number of pyridine rings is 1. The quantitative estimate of drug-likeness (QED) is 0.310. The van der Waals surface area contributed by atoms with Gasteiger partial charge in [0.05, 0.1) is 12.2 Å². The molecule has 1 aromatic heterocycles. The number of nitrogens with two attached hydrogens (primary N) is 1. The third-order valence-electron chi connectivity index (χ3n) is 3.08. The van der Waals surface area contributed by atoms with Crippen LogP contribution in [0.15, 0.2) is 36.5 Å². The number of hydrogen-bond donors (Lipinski definition) is 3. The minimum absolute atomic E-state index is 0.403. The molecule has 0 aliphatic rings. The van der Waals surface area contributed by atoms with E-state index in [1.165, 1.54) is 0 Å². The summed E-state index contributed by atoms with van der Waals surface area (Å²) in [5.41, 5.74) is 4.78. The summed E-state index contributed by atoms with van der Waals surface area (Å²) in [4.78, 5) is 13.2. The molecule has 7 heteroatoms. The van der Waals surface area contributed by atoms with Gasteiger partial charge in [-0.15, -0.1) is 0 Å². The highest BCUT2D eigenvalue weighted by Crippen LogP contribution is 2.28. The van der Waals surface area contributed by atoms with E-state index in [2.05, 4.69) is 16.1 Å². The standard InChI is InChI=1S/C16H20N2O2.CH4N2O/c1-4-19-15-9-5-8-14(17-3)13(15)11-20-16-12(2)7-6-10-18-16;2-3-1-4/h5-10,17H,4,11H2,1-3H3;1H,2H2,(H,3,4). The molecule has 0 saturated heterocycles. The highest BCUT2D eigenvalue weighted by Gasteiger charge is 2.10. The van der Waals surface area contributed by atoms with Crippen molar-refractivity contribution in [1.82, 2.24) is 10.4 Å². The number of rotatable bonds is 7. The van der Waals surface area contributed by atoms with Crippen LogP contribution in [0.4, 0.5) is 5.69 Å². The van der Waals surface area contributed by atoms with Crippen LogP contribution in [0, 0.1) is 6.92 Å². The molecule has 1 amide bonds. The summed E-state index contributed by atoms with van der Waals surface area (Å²) in [5.74, 6) is 5.90. The maximum Gasteiger partial charge on any atom is 0.221 e. The van der Waals surface area contributed by atoms with Gasteiger partial charge in [-0.25, -0.2) is 10.8 Å². The summed E-state index contributed by atoms with van der Waals surface area (Å²) in [7, 11) is 1.89. The van der Waals surface area contributed by atoms with Gasteiger partial charge in [-0.1, -0.05) is 12.1 Å². The van der Waals surface area contributed by atoms with Crippen molar-refractivity contribution < 1.29 is 14.3 Å².